The third-order valence-electron chi connectivity index (χ3n) is 16.2. The number of furan rings is 2. The number of nitrogens with zero attached hydrogens (tertiary/aromatic N) is 6. The summed E-state index contributed by atoms with van der Waals surface area (Å²) in [4.78, 5) is 28.4. The molecule has 14 rings (SSSR count). The van der Waals surface area contributed by atoms with Crippen LogP contribution in [-0.2, 0) is 262 Å². The van der Waals surface area contributed by atoms with Gasteiger partial charge in [0.15, 0.2) is 0 Å². The van der Waals surface area contributed by atoms with E-state index in [1.165, 1.54) is 10.8 Å². The SMILES string of the molecule is C[C-]=C(C)c1[c-][nH]cc1.C[C-]=C(C)c1[c-]cc2ccncc2c1.C[C-]=C(C)c1[c-]cc2cnccc2c1.C[C-]=C(C)c1[c-]cc2ncccc2c1.C[C-]=C(C)c1[c-]cco1.C[C-]=C(C)c1[c-]nc2c(ccc3cccnc32)c1.C[C-]=C(C)c1[c-]nc2ccccc2c1.C[C-]=C(C)c1[c-]occ1.[Y].[Y].[Y].[Y].[Y].[Y].[Y].[Y]. The fraction of sp³-hybridized carbons (Fsp3) is 0.174. The van der Waals surface area contributed by atoms with Crippen molar-refractivity contribution in [3.63, 3.8) is 0 Å². The Kier molecular flexibility index (Phi) is 59.3. The van der Waals surface area contributed by atoms with Crippen molar-refractivity contribution in [2.75, 3.05) is 0 Å². The number of rotatable bonds is 8. The third kappa shape index (κ3) is 34.9. The molecule has 0 aliphatic rings. The topological polar surface area (TPSA) is 119 Å². The zero-order chi connectivity index (χ0) is 72.5. The summed E-state index contributed by atoms with van der Waals surface area (Å²) in [6, 6.07) is 58.7. The molecule has 536 valence electrons. The van der Waals surface area contributed by atoms with E-state index in [9.17, 15) is 0 Å². The van der Waals surface area contributed by atoms with Gasteiger partial charge in [-0.25, -0.2) is 66.7 Å². The Balaban J connectivity index is 0. The molecule has 0 aliphatic carbocycles. The van der Waals surface area contributed by atoms with E-state index in [1.54, 1.807) is 43.4 Å². The first-order valence-corrected chi connectivity index (χ1v) is 32.8. The van der Waals surface area contributed by atoms with Crippen LogP contribution in [0.1, 0.15) is 155 Å². The van der Waals surface area contributed by atoms with Gasteiger partial charge in [-0.1, -0.05) is 88.5 Å². The van der Waals surface area contributed by atoms with Crippen LogP contribution in [0.4, 0.5) is 0 Å². The smallest absolute Gasteiger partial charge is 0.0543 e. The summed E-state index contributed by atoms with van der Waals surface area (Å²) >= 11 is 0. The van der Waals surface area contributed by atoms with E-state index in [-0.39, 0.29) is 262 Å². The van der Waals surface area contributed by atoms with Gasteiger partial charge >= 0.3 is 0 Å². The second-order valence-corrected chi connectivity index (χ2v) is 22.6. The maximum atomic E-state index is 5.03. The number of para-hydroxylation sites is 1. The first kappa shape index (κ1) is 108. The molecule has 0 saturated heterocycles. The molecule has 1 N–H and O–H groups in total. The molecule has 9 aromatic heterocycles. The second-order valence-electron chi connectivity index (χ2n) is 22.6. The molecule has 0 bridgehead atoms. The van der Waals surface area contributed by atoms with Crippen molar-refractivity contribution in [2.24, 2.45) is 0 Å². The molecule has 0 spiro atoms. The Bertz CT molecular complexity index is 4730. The molecular formula is C92H81N7O2Y8-16. The summed E-state index contributed by atoms with van der Waals surface area (Å²) in [6.45, 7) is 31.2. The number of hydrogen-bond donors (Lipinski definition) is 1. The normalized spacial score (nSPS) is 11.2. The van der Waals surface area contributed by atoms with Gasteiger partial charge in [-0.2, -0.15) is 30.2 Å². The molecule has 14 aromatic rings. The fourth-order valence-electron chi connectivity index (χ4n) is 9.24. The van der Waals surface area contributed by atoms with Crippen LogP contribution < -0.4 is 0 Å². The van der Waals surface area contributed by atoms with Crippen molar-refractivity contribution < 1.29 is 271 Å². The maximum absolute atomic E-state index is 5.03. The minimum Gasteiger partial charge on any atom is -0.632 e. The number of H-pyrrole nitrogens is 1. The minimum absolute atomic E-state index is 0. The Morgan fingerprint density at radius 3 is 1.37 bits per heavy atom. The Hall–Kier alpha value is -2.85. The molecule has 0 amide bonds. The summed E-state index contributed by atoms with van der Waals surface area (Å²) in [6.07, 6.45) is 52.3. The molecule has 9 nitrogen and oxygen atoms in total. The molecule has 109 heavy (non-hydrogen) atoms. The summed E-state index contributed by atoms with van der Waals surface area (Å²) in [5.74, 6) is 0.775. The van der Waals surface area contributed by atoms with Crippen LogP contribution in [0.15, 0.2) is 204 Å². The van der Waals surface area contributed by atoms with Gasteiger partial charge in [-0.15, -0.1) is 152 Å². The third-order valence-corrected chi connectivity index (χ3v) is 16.2. The van der Waals surface area contributed by atoms with E-state index >= 15 is 0 Å². The predicted molar refractivity (Wildman–Crippen MR) is 417 cm³/mol. The minimum atomic E-state index is 0. The van der Waals surface area contributed by atoms with E-state index in [4.69, 9.17) is 8.83 Å². The van der Waals surface area contributed by atoms with Crippen molar-refractivity contribution >= 4 is 110 Å². The van der Waals surface area contributed by atoms with Crippen LogP contribution >= 0.6 is 0 Å². The Morgan fingerprint density at radius 1 is 0.349 bits per heavy atom. The zero-order valence-corrected chi connectivity index (χ0v) is 87.8. The van der Waals surface area contributed by atoms with Crippen molar-refractivity contribution in [2.45, 2.75) is 111 Å². The van der Waals surface area contributed by atoms with Gasteiger partial charge in [0.1, 0.15) is 0 Å². The first-order valence-electron chi connectivity index (χ1n) is 32.8. The fourth-order valence-corrected chi connectivity index (χ4v) is 9.24. The van der Waals surface area contributed by atoms with Crippen LogP contribution in [0.3, 0.4) is 0 Å². The quantitative estimate of drug-likeness (QED) is 0.118. The summed E-state index contributed by atoms with van der Waals surface area (Å²) < 4.78 is 9.78. The molecule has 9 heterocycles. The van der Waals surface area contributed by atoms with Gasteiger partial charge in [0.05, 0.1) is 5.52 Å². The first-order chi connectivity index (χ1) is 49.1. The summed E-state index contributed by atoms with van der Waals surface area (Å²) in [5.41, 5.74) is 19.9. The van der Waals surface area contributed by atoms with E-state index in [0.717, 1.165) is 144 Å². The van der Waals surface area contributed by atoms with Gasteiger partial charge < -0.3 is 128 Å². The average molecular weight is 2030 g/mol. The predicted octanol–water partition coefficient (Wildman–Crippen LogP) is 23.5. The van der Waals surface area contributed by atoms with Crippen LogP contribution in [0, 0.1) is 97.7 Å². The molecule has 8 radical (unpaired) electrons. The van der Waals surface area contributed by atoms with Crippen LogP contribution in [0.25, 0.3) is 110 Å². The number of hydrogen-bond acceptors (Lipinski definition) is 8. The zero-order valence-electron chi connectivity index (χ0n) is 65.1. The van der Waals surface area contributed by atoms with Crippen LogP contribution in [-0.4, -0.2) is 34.9 Å². The molecule has 0 fully saturated rings. The molecule has 0 saturated carbocycles. The van der Waals surface area contributed by atoms with E-state index < -0.39 is 0 Å². The number of allylic oxidation sites excluding steroid dienone is 16. The standard InChI is InChI=1S/C16H12N2.4C13H11N.C8H9N.2C8H8O.8Y/c1-3-11(2)14-9-13-7-6-12-5-4-8-17-15(12)16(13)18-10-14;1-3-10(2)11-4-5-13-9-14-7-6-12(13)8-11;1-3-10(2)12-5-4-11-6-7-14-9-13(11)8-12;1-3-10(2)11-6-7-13-12(9-11)5-4-8-14-13;1-3-10(2)12-8-11-6-4-5-7-13(11)14-9-12;2*1-3-7(2)8-4-5-9-6-8;1-3-7(2)8-5-4-6-9-8;;;;;;;;/h4-9H,1-2H3;5-9H,1-2H3;4,6-9H,1-2H3;4-5,7-9H,1-2H3;4-8H,1-2H3;4-5,9H,1-2H3;4-5H,1-2H3;4,6H,1-2H3;;;;;;;;/q8*-2;;;;;;;;. The second kappa shape index (κ2) is 59.8. The Morgan fingerprint density at radius 2 is 0.807 bits per heavy atom. The summed E-state index contributed by atoms with van der Waals surface area (Å²) in [5, 5.41) is 9.14. The largest absolute Gasteiger partial charge is 0.632 e. The van der Waals surface area contributed by atoms with E-state index in [2.05, 4.69) is 187 Å². The molecule has 0 aliphatic heterocycles. The number of aromatic nitrogens is 7. The van der Waals surface area contributed by atoms with E-state index in [0.29, 0.717) is 0 Å². The van der Waals surface area contributed by atoms with Gasteiger partial charge in [0, 0.05) is 298 Å². The molecule has 5 aromatic carbocycles. The Labute approximate surface area is 849 Å². The van der Waals surface area contributed by atoms with Crippen molar-refractivity contribution in [3.8, 4) is 0 Å². The molecular weight excluding hydrogens is 1950 g/mol. The number of nitrogens with one attached hydrogen (secondary N) is 1. The monoisotopic (exact) mass is 2030 g/mol. The number of aromatic amines is 1. The maximum Gasteiger partial charge on any atom is 0.0543 e. The van der Waals surface area contributed by atoms with Crippen LogP contribution in [0.2, 0.25) is 0 Å². The van der Waals surface area contributed by atoms with Gasteiger partial charge in [0.2, 0.25) is 0 Å². The van der Waals surface area contributed by atoms with Gasteiger partial charge in [-0.05, 0) is 47.3 Å². The van der Waals surface area contributed by atoms with E-state index in [1.807, 2.05) is 208 Å². The molecule has 0 unspecified atom stereocenters. The van der Waals surface area contributed by atoms with Crippen molar-refractivity contribution in [1.29, 1.82) is 0 Å². The average Bonchev–Trinajstić information content (AvgIpc) is 1.79. The van der Waals surface area contributed by atoms with Crippen molar-refractivity contribution in [1.82, 2.24) is 34.9 Å². The number of benzene rings is 5. The van der Waals surface area contributed by atoms with Crippen LogP contribution in [0.5, 0.6) is 0 Å². The number of pyridine rings is 6. The molecule has 17 heteroatoms. The molecule has 0 atom stereocenters. The number of fused-ring (bicyclic) bond motifs is 7. The van der Waals surface area contributed by atoms with Gasteiger partial charge in [-0.3, -0.25) is 48.4 Å². The summed E-state index contributed by atoms with van der Waals surface area (Å²) in [7, 11) is 0. The van der Waals surface area contributed by atoms with Crippen molar-refractivity contribution in [3.05, 3.63) is 338 Å². The van der Waals surface area contributed by atoms with Gasteiger partial charge in [0.25, 0.3) is 0 Å².